The van der Waals surface area contributed by atoms with Gasteiger partial charge < -0.3 is 9.88 Å². The van der Waals surface area contributed by atoms with E-state index in [1.807, 2.05) is 31.2 Å². The molecular weight excluding hydrogens is 304 g/mol. The molecule has 4 nitrogen and oxygen atoms in total. The van der Waals surface area contributed by atoms with Crippen molar-refractivity contribution in [3.05, 3.63) is 48.3 Å². The maximum atomic E-state index is 4.34. The van der Waals surface area contributed by atoms with E-state index in [1.165, 1.54) is 31.5 Å². The van der Waals surface area contributed by atoms with Crippen LogP contribution in [0.5, 0.6) is 0 Å². The van der Waals surface area contributed by atoms with Crippen molar-refractivity contribution in [1.82, 2.24) is 19.8 Å². The molecule has 0 unspecified atom stereocenters. The fourth-order valence-corrected chi connectivity index (χ4v) is 3.84. The van der Waals surface area contributed by atoms with Gasteiger partial charge >= 0.3 is 0 Å². The van der Waals surface area contributed by atoms with E-state index in [-0.39, 0.29) is 0 Å². The van der Waals surface area contributed by atoms with E-state index in [4.69, 9.17) is 0 Å². The largest absolute Gasteiger partial charge is 0.329 e. The summed E-state index contributed by atoms with van der Waals surface area (Å²) in [6.45, 7) is 4.53. The molecule has 5 heteroatoms. The molecule has 1 aromatic carbocycles. The predicted octanol–water partition coefficient (Wildman–Crippen LogP) is 2.77. The Bertz CT molecular complexity index is 576. The third-order valence-electron chi connectivity index (χ3n) is 4.38. The third-order valence-corrected chi connectivity index (χ3v) is 5.44. The summed E-state index contributed by atoms with van der Waals surface area (Å²) < 4.78 is 2.08. The van der Waals surface area contributed by atoms with E-state index in [0.717, 1.165) is 24.0 Å². The number of nitrogens with one attached hydrogen (secondary N) is 1. The van der Waals surface area contributed by atoms with Gasteiger partial charge in [-0.3, -0.25) is 4.90 Å². The molecular formula is C18H26N4S. The molecule has 0 amide bonds. The Labute approximate surface area is 143 Å². The van der Waals surface area contributed by atoms with Crippen molar-refractivity contribution < 1.29 is 0 Å². The van der Waals surface area contributed by atoms with Crippen LogP contribution in [-0.2, 0) is 13.6 Å². The lowest BCUT2D eigenvalue weighted by Gasteiger charge is -2.32. The molecule has 0 aliphatic carbocycles. The molecule has 0 saturated carbocycles. The fraction of sp³-hybridized carbons (Fsp3) is 0.500. The molecule has 1 aromatic heterocycles. The van der Waals surface area contributed by atoms with Crippen LogP contribution in [0.25, 0.3) is 0 Å². The van der Waals surface area contributed by atoms with Crippen LogP contribution in [0.4, 0.5) is 0 Å². The monoisotopic (exact) mass is 330 g/mol. The van der Waals surface area contributed by atoms with Crippen LogP contribution < -0.4 is 5.32 Å². The quantitative estimate of drug-likeness (QED) is 0.625. The lowest BCUT2D eigenvalue weighted by atomic mass is 10.0. The number of hydrogen-bond donors (Lipinski definition) is 1. The minimum absolute atomic E-state index is 0.670. The van der Waals surface area contributed by atoms with Crippen molar-refractivity contribution in [1.29, 1.82) is 0 Å². The van der Waals surface area contributed by atoms with Gasteiger partial charge in [-0.05, 0) is 31.5 Å². The molecule has 124 valence electrons. The van der Waals surface area contributed by atoms with Crippen LogP contribution in [0.2, 0.25) is 0 Å². The fourth-order valence-electron chi connectivity index (χ4n) is 3.03. The highest BCUT2D eigenvalue weighted by Crippen LogP contribution is 2.15. The van der Waals surface area contributed by atoms with E-state index in [2.05, 4.69) is 50.1 Å². The van der Waals surface area contributed by atoms with E-state index in [1.54, 1.807) is 0 Å². The summed E-state index contributed by atoms with van der Waals surface area (Å²) in [6.07, 6.45) is 6.36. The number of piperidine rings is 1. The molecule has 1 N–H and O–H groups in total. The number of hydrogen-bond acceptors (Lipinski definition) is 4. The number of benzene rings is 1. The summed E-state index contributed by atoms with van der Waals surface area (Å²) in [6, 6.07) is 11.5. The van der Waals surface area contributed by atoms with Gasteiger partial charge in [0.05, 0.1) is 0 Å². The Morgan fingerprint density at radius 3 is 2.70 bits per heavy atom. The van der Waals surface area contributed by atoms with Crippen LogP contribution in [0.3, 0.4) is 0 Å². The molecule has 2 aromatic rings. The van der Waals surface area contributed by atoms with Crippen molar-refractivity contribution in [2.24, 2.45) is 7.05 Å². The van der Waals surface area contributed by atoms with Gasteiger partial charge in [0.25, 0.3) is 0 Å². The third kappa shape index (κ3) is 5.09. The second-order valence-corrected chi connectivity index (χ2v) is 7.22. The number of likely N-dealkylation sites (tertiary alicyclic amines) is 1. The maximum Gasteiger partial charge on any atom is 0.167 e. The Morgan fingerprint density at radius 2 is 2.00 bits per heavy atom. The van der Waals surface area contributed by atoms with Crippen molar-refractivity contribution in [2.75, 3.05) is 25.4 Å². The lowest BCUT2D eigenvalue weighted by Crippen LogP contribution is -2.42. The molecule has 0 atom stereocenters. The van der Waals surface area contributed by atoms with Gasteiger partial charge in [0, 0.05) is 44.3 Å². The van der Waals surface area contributed by atoms with Gasteiger partial charge in [-0.25, -0.2) is 4.98 Å². The Balaban J connectivity index is 1.31. The number of imidazole rings is 1. The summed E-state index contributed by atoms with van der Waals surface area (Å²) >= 11 is 1.82. The van der Waals surface area contributed by atoms with Crippen molar-refractivity contribution in [2.45, 2.75) is 30.6 Å². The molecule has 1 aliphatic rings. The highest BCUT2D eigenvalue weighted by Gasteiger charge is 2.18. The normalized spacial score (nSPS) is 16.7. The summed E-state index contributed by atoms with van der Waals surface area (Å²) in [5, 5.41) is 4.80. The molecule has 1 aliphatic heterocycles. The first-order valence-electron chi connectivity index (χ1n) is 8.41. The Hall–Kier alpha value is -1.30. The minimum Gasteiger partial charge on any atom is -0.329 e. The van der Waals surface area contributed by atoms with Crippen molar-refractivity contribution >= 4 is 11.8 Å². The van der Waals surface area contributed by atoms with Gasteiger partial charge in [0.1, 0.15) is 0 Å². The summed E-state index contributed by atoms with van der Waals surface area (Å²) in [5.74, 6) is 1.08. The Morgan fingerprint density at radius 1 is 1.22 bits per heavy atom. The van der Waals surface area contributed by atoms with E-state index in [0.29, 0.717) is 6.04 Å². The number of aromatic nitrogens is 2. The lowest BCUT2D eigenvalue weighted by molar-refractivity contribution is 0.192. The van der Waals surface area contributed by atoms with E-state index < -0.39 is 0 Å². The topological polar surface area (TPSA) is 33.1 Å². The number of thioether (sulfide) groups is 1. The van der Waals surface area contributed by atoms with E-state index >= 15 is 0 Å². The zero-order chi connectivity index (χ0) is 15.9. The first-order valence-corrected chi connectivity index (χ1v) is 9.39. The molecule has 0 bridgehead atoms. The standard InChI is InChI=1S/C18H26N4S/c1-21-13-9-20-18(21)23-14-10-19-17-7-11-22(12-8-17)15-16-5-3-2-4-6-16/h2-6,9,13,17,19H,7-8,10-12,14-15H2,1H3. The van der Waals surface area contributed by atoms with Crippen LogP contribution in [0.1, 0.15) is 18.4 Å². The first kappa shape index (κ1) is 16.6. The molecule has 0 radical (unpaired) electrons. The smallest absolute Gasteiger partial charge is 0.167 e. The molecule has 23 heavy (non-hydrogen) atoms. The second kappa shape index (κ2) is 8.52. The molecule has 3 rings (SSSR count). The SMILES string of the molecule is Cn1ccnc1SCCNC1CCN(Cc2ccccc2)CC1. The molecule has 1 saturated heterocycles. The average molecular weight is 331 g/mol. The number of nitrogens with zero attached hydrogens (tertiary/aromatic N) is 3. The first-order chi connectivity index (χ1) is 11.3. The number of rotatable bonds is 7. The Kier molecular flexibility index (Phi) is 6.13. The molecule has 1 fully saturated rings. The zero-order valence-electron chi connectivity index (χ0n) is 13.8. The predicted molar refractivity (Wildman–Crippen MR) is 96.7 cm³/mol. The summed E-state index contributed by atoms with van der Waals surface area (Å²) in [7, 11) is 2.05. The summed E-state index contributed by atoms with van der Waals surface area (Å²) in [4.78, 5) is 6.91. The average Bonchev–Trinajstić information content (AvgIpc) is 2.99. The van der Waals surface area contributed by atoms with Gasteiger partial charge in [0.2, 0.25) is 0 Å². The van der Waals surface area contributed by atoms with Crippen molar-refractivity contribution in [3.63, 3.8) is 0 Å². The van der Waals surface area contributed by atoms with Gasteiger partial charge in [-0.2, -0.15) is 0 Å². The van der Waals surface area contributed by atoms with Crippen LogP contribution in [0.15, 0.2) is 47.9 Å². The van der Waals surface area contributed by atoms with Crippen LogP contribution >= 0.6 is 11.8 Å². The van der Waals surface area contributed by atoms with Crippen LogP contribution in [0, 0.1) is 0 Å². The van der Waals surface area contributed by atoms with Crippen LogP contribution in [-0.4, -0.2) is 45.9 Å². The maximum absolute atomic E-state index is 4.34. The highest BCUT2D eigenvalue weighted by molar-refractivity contribution is 7.99. The van der Waals surface area contributed by atoms with Crippen molar-refractivity contribution in [3.8, 4) is 0 Å². The van der Waals surface area contributed by atoms with Gasteiger partial charge in [0.15, 0.2) is 5.16 Å². The molecule has 0 spiro atoms. The second-order valence-electron chi connectivity index (χ2n) is 6.16. The molecule has 2 heterocycles. The zero-order valence-corrected chi connectivity index (χ0v) is 14.6. The summed E-state index contributed by atoms with van der Waals surface area (Å²) in [5.41, 5.74) is 1.42. The highest BCUT2D eigenvalue weighted by atomic mass is 32.2. The van der Waals surface area contributed by atoms with E-state index in [9.17, 15) is 0 Å². The minimum atomic E-state index is 0.670. The van der Waals surface area contributed by atoms with Gasteiger partial charge in [-0.1, -0.05) is 42.1 Å². The number of aryl methyl sites for hydroxylation is 1. The van der Waals surface area contributed by atoms with Gasteiger partial charge in [-0.15, -0.1) is 0 Å².